The number of nitrogens with zero attached hydrogens (tertiary/aromatic N) is 1. The Kier molecular flexibility index (Phi) is 5.04. The predicted molar refractivity (Wildman–Crippen MR) is 99.9 cm³/mol. The van der Waals surface area contributed by atoms with Crippen LogP contribution in [-0.2, 0) is 6.54 Å². The Morgan fingerprint density at radius 2 is 1.81 bits per heavy atom. The molecule has 1 aromatic carbocycles. The monoisotopic (exact) mass is 351 g/mol. The summed E-state index contributed by atoms with van der Waals surface area (Å²) in [6, 6.07) is 13.2. The minimum atomic E-state index is -0.0985. The molecule has 0 spiro atoms. The highest BCUT2D eigenvalue weighted by Crippen LogP contribution is 2.48. The first-order valence-corrected chi connectivity index (χ1v) is 9.47. The van der Waals surface area contributed by atoms with Gasteiger partial charge in [0.25, 0.3) is 0 Å². The molecule has 136 valence electrons. The van der Waals surface area contributed by atoms with Gasteiger partial charge in [0.2, 0.25) is 5.88 Å². The summed E-state index contributed by atoms with van der Waals surface area (Å²) in [6.45, 7) is 1.26. The maximum absolute atomic E-state index is 12.1. The van der Waals surface area contributed by atoms with Crippen LogP contribution in [0, 0.1) is 17.8 Å². The van der Waals surface area contributed by atoms with Gasteiger partial charge in [-0.25, -0.2) is 9.78 Å². The Hall–Kier alpha value is -2.56. The lowest BCUT2D eigenvalue weighted by Crippen LogP contribution is -2.38. The first kappa shape index (κ1) is 16.9. The summed E-state index contributed by atoms with van der Waals surface area (Å²) in [5.41, 5.74) is 0.960. The van der Waals surface area contributed by atoms with Gasteiger partial charge < -0.3 is 15.4 Å². The number of rotatable bonds is 8. The van der Waals surface area contributed by atoms with E-state index in [0.717, 1.165) is 29.7 Å². The SMILES string of the molecule is O=C(NCc1ccnc(Oc2ccccc2)c1)NCC(C1CC1)C1CC1. The molecular formula is C21H25N3O2. The fraction of sp³-hybridized carbons (Fsp3) is 0.429. The third-order valence-corrected chi connectivity index (χ3v) is 5.17. The summed E-state index contributed by atoms with van der Waals surface area (Å²) in [5, 5.41) is 5.98. The lowest BCUT2D eigenvalue weighted by Gasteiger charge is -2.16. The second kappa shape index (κ2) is 7.77. The molecule has 5 heteroatoms. The summed E-state index contributed by atoms with van der Waals surface area (Å²) in [7, 11) is 0. The number of aromatic nitrogens is 1. The van der Waals surface area contributed by atoms with Crippen molar-refractivity contribution in [3.05, 3.63) is 54.2 Å². The highest BCUT2D eigenvalue weighted by atomic mass is 16.5. The molecule has 0 aliphatic heterocycles. The third-order valence-electron chi connectivity index (χ3n) is 5.17. The molecule has 0 unspecified atom stereocenters. The zero-order chi connectivity index (χ0) is 17.8. The fourth-order valence-electron chi connectivity index (χ4n) is 3.45. The molecule has 0 radical (unpaired) electrons. The smallest absolute Gasteiger partial charge is 0.315 e. The normalized spacial score (nSPS) is 16.3. The molecule has 2 N–H and O–H groups in total. The van der Waals surface area contributed by atoms with Gasteiger partial charge in [0.05, 0.1) is 0 Å². The Bertz CT molecular complexity index is 730. The topological polar surface area (TPSA) is 63.2 Å². The number of hydrogen-bond donors (Lipinski definition) is 2. The Morgan fingerprint density at radius 1 is 1.08 bits per heavy atom. The third kappa shape index (κ3) is 4.75. The molecule has 2 aliphatic rings. The van der Waals surface area contributed by atoms with Crippen LogP contribution in [0.15, 0.2) is 48.7 Å². The number of para-hydroxylation sites is 1. The number of carbonyl (C=O) groups is 1. The highest BCUT2D eigenvalue weighted by molar-refractivity contribution is 5.73. The van der Waals surface area contributed by atoms with E-state index < -0.39 is 0 Å². The van der Waals surface area contributed by atoms with Crippen molar-refractivity contribution in [1.82, 2.24) is 15.6 Å². The van der Waals surface area contributed by atoms with E-state index in [2.05, 4.69) is 15.6 Å². The summed E-state index contributed by atoms with van der Waals surface area (Å²) >= 11 is 0. The highest BCUT2D eigenvalue weighted by Gasteiger charge is 2.41. The van der Waals surface area contributed by atoms with Crippen molar-refractivity contribution in [3.63, 3.8) is 0 Å². The quantitative estimate of drug-likeness (QED) is 0.752. The maximum Gasteiger partial charge on any atom is 0.315 e. The van der Waals surface area contributed by atoms with Crippen LogP contribution in [0.4, 0.5) is 4.79 Å². The van der Waals surface area contributed by atoms with Gasteiger partial charge in [-0.1, -0.05) is 18.2 Å². The molecule has 0 bridgehead atoms. The molecule has 2 aliphatic carbocycles. The minimum Gasteiger partial charge on any atom is -0.439 e. The summed E-state index contributed by atoms with van der Waals surface area (Å²) < 4.78 is 5.73. The number of ether oxygens (including phenoxy) is 1. The van der Waals surface area contributed by atoms with Crippen LogP contribution in [0.1, 0.15) is 31.2 Å². The van der Waals surface area contributed by atoms with Gasteiger partial charge in [0.1, 0.15) is 5.75 Å². The molecule has 0 atom stereocenters. The minimum absolute atomic E-state index is 0.0985. The first-order chi connectivity index (χ1) is 12.8. The Balaban J connectivity index is 1.24. The number of pyridine rings is 1. The lowest BCUT2D eigenvalue weighted by atomic mass is 9.98. The first-order valence-electron chi connectivity index (χ1n) is 9.47. The van der Waals surface area contributed by atoms with Gasteiger partial charge in [-0.05, 0) is 67.2 Å². The van der Waals surface area contributed by atoms with Gasteiger partial charge in [0.15, 0.2) is 0 Å². The van der Waals surface area contributed by atoms with E-state index in [0.29, 0.717) is 18.3 Å². The molecule has 26 heavy (non-hydrogen) atoms. The van der Waals surface area contributed by atoms with Gasteiger partial charge in [-0.15, -0.1) is 0 Å². The number of urea groups is 1. The van der Waals surface area contributed by atoms with E-state index in [1.807, 2.05) is 42.5 Å². The average Bonchev–Trinajstić information content (AvgIpc) is 3.55. The lowest BCUT2D eigenvalue weighted by molar-refractivity contribution is 0.236. The molecule has 4 rings (SSSR count). The molecule has 2 saturated carbocycles. The summed E-state index contributed by atoms with van der Waals surface area (Å²) in [4.78, 5) is 16.3. The largest absolute Gasteiger partial charge is 0.439 e. The van der Waals surface area contributed by atoms with Crippen LogP contribution in [0.2, 0.25) is 0 Å². The molecule has 1 heterocycles. The summed E-state index contributed by atoms with van der Waals surface area (Å²) in [6.07, 6.45) is 7.05. The Labute approximate surface area is 154 Å². The van der Waals surface area contributed by atoms with Crippen LogP contribution in [-0.4, -0.2) is 17.6 Å². The second-order valence-corrected chi connectivity index (χ2v) is 7.32. The van der Waals surface area contributed by atoms with E-state index in [1.165, 1.54) is 25.7 Å². The van der Waals surface area contributed by atoms with Gasteiger partial charge in [-0.3, -0.25) is 0 Å². The van der Waals surface area contributed by atoms with Gasteiger partial charge in [-0.2, -0.15) is 0 Å². The summed E-state index contributed by atoms with van der Waals surface area (Å²) in [5.74, 6) is 3.65. The van der Waals surface area contributed by atoms with E-state index in [1.54, 1.807) is 6.20 Å². The number of nitrogens with one attached hydrogen (secondary N) is 2. The molecule has 2 amide bonds. The number of carbonyl (C=O) groups excluding carboxylic acids is 1. The molecule has 5 nitrogen and oxygen atoms in total. The predicted octanol–water partition coefficient (Wildman–Crippen LogP) is 4.11. The Morgan fingerprint density at radius 3 is 2.50 bits per heavy atom. The van der Waals surface area contributed by atoms with Crippen molar-refractivity contribution in [1.29, 1.82) is 0 Å². The molecule has 1 aromatic heterocycles. The van der Waals surface area contributed by atoms with E-state index in [9.17, 15) is 4.79 Å². The van der Waals surface area contributed by atoms with Crippen LogP contribution in [0.25, 0.3) is 0 Å². The zero-order valence-electron chi connectivity index (χ0n) is 14.9. The standard InChI is InChI=1S/C21H25N3O2/c25-21(24-14-19(16-6-7-16)17-8-9-17)23-13-15-10-11-22-20(12-15)26-18-4-2-1-3-5-18/h1-5,10-12,16-17,19H,6-9,13-14H2,(H2,23,24,25). The average molecular weight is 351 g/mol. The van der Waals surface area contributed by atoms with Gasteiger partial charge >= 0.3 is 6.03 Å². The molecule has 0 saturated heterocycles. The van der Waals surface area contributed by atoms with Crippen molar-refractivity contribution in [2.24, 2.45) is 17.8 Å². The van der Waals surface area contributed by atoms with Crippen molar-refractivity contribution in [2.45, 2.75) is 32.2 Å². The van der Waals surface area contributed by atoms with Gasteiger partial charge in [0, 0.05) is 25.4 Å². The van der Waals surface area contributed by atoms with E-state index >= 15 is 0 Å². The second-order valence-electron chi connectivity index (χ2n) is 7.32. The zero-order valence-corrected chi connectivity index (χ0v) is 14.9. The van der Waals surface area contributed by atoms with Crippen LogP contribution in [0.5, 0.6) is 11.6 Å². The van der Waals surface area contributed by atoms with E-state index in [4.69, 9.17) is 4.74 Å². The number of hydrogen-bond acceptors (Lipinski definition) is 3. The molecule has 2 fully saturated rings. The van der Waals surface area contributed by atoms with Crippen molar-refractivity contribution < 1.29 is 9.53 Å². The van der Waals surface area contributed by atoms with Crippen molar-refractivity contribution in [3.8, 4) is 11.6 Å². The van der Waals surface area contributed by atoms with Crippen molar-refractivity contribution in [2.75, 3.05) is 6.54 Å². The van der Waals surface area contributed by atoms with Crippen LogP contribution in [0.3, 0.4) is 0 Å². The van der Waals surface area contributed by atoms with E-state index in [-0.39, 0.29) is 6.03 Å². The van der Waals surface area contributed by atoms with Crippen LogP contribution < -0.4 is 15.4 Å². The fourth-order valence-corrected chi connectivity index (χ4v) is 3.45. The maximum atomic E-state index is 12.1. The number of benzene rings is 1. The number of amides is 2. The molecule has 2 aromatic rings. The van der Waals surface area contributed by atoms with Crippen molar-refractivity contribution >= 4 is 6.03 Å². The molecular weight excluding hydrogens is 326 g/mol. The van der Waals surface area contributed by atoms with Crippen LogP contribution >= 0.6 is 0 Å².